The van der Waals surface area contributed by atoms with Crippen LogP contribution in [-0.4, -0.2) is 62.4 Å². The topological polar surface area (TPSA) is 124 Å². The molecule has 66 heavy (non-hydrogen) atoms. The summed E-state index contributed by atoms with van der Waals surface area (Å²) >= 11 is 0. The minimum absolute atomic E-state index is 0. The molecule has 0 saturated heterocycles. The van der Waals surface area contributed by atoms with Crippen molar-refractivity contribution < 1.29 is 47.6 Å². The maximum atomic E-state index is 12.9. The van der Waals surface area contributed by atoms with Gasteiger partial charge in [-0.1, -0.05) is 89.0 Å². The summed E-state index contributed by atoms with van der Waals surface area (Å²) in [6, 6.07) is 0. The van der Waals surface area contributed by atoms with Crippen LogP contribution in [0.1, 0.15) is 193 Å². The van der Waals surface area contributed by atoms with Crippen LogP contribution in [0.15, 0.2) is 0 Å². The number of rotatable bonds is 15. The van der Waals surface area contributed by atoms with Gasteiger partial charge >= 0.3 is 23.9 Å². The van der Waals surface area contributed by atoms with Crippen molar-refractivity contribution in [3.8, 4) is 0 Å². The van der Waals surface area contributed by atoms with E-state index in [2.05, 4.69) is 0 Å². The van der Waals surface area contributed by atoms with E-state index in [9.17, 15) is 19.2 Å². The van der Waals surface area contributed by atoms with Crippen LogP contribution in [0.25, 0.3) is 0 Å². The van der Waals surface area contributed by atoms with E-state index in [4.69, 9.17) is 28.4 Å². The number of fused-ring (bicyclic) bond motifs is 18. The molecule has 0 aromatic heterocycles. The average Bonchev–Trinajstić information content (AvgIpc) is 4.16. The van der Waals surface area contributed by atoms with Gasteiger partial charge in [0.05, 0.1) is 35.9 Å². The van der Waals surface area contributed by atoms with Crippen LogP contribution in [0.2, 0.25) is 0 Å². The van der Waals surface area contributed by atoms with Crippen molar-refractivity contribution in [2.45, 2.75) is 211 Å². The Morgan fingerprint density at radius 3 is 1.55 bits per heavy atom. The Kier molecular flexibility index (Phi) is 19.2. The maximum Gasteiger partial charge on any atom is 0.311 e. The molecule has 10 nitrogen and oxygen atoms in total. The first-order chi connectivity index (χ1) is 29.9. The molecule has 10 saturated carbocycles. The molecular formula is C56H96O10. The van der Waals surface area contributed by atoms with E-state index in [0.29, 0.717) is 65.1 Å². The van der Waals surface area contributed by atoms with Gasteiger partial charge in [-0.25, -0.2) is 0 Å². The smallest absolute Gasteiger partial charge is 0.311 e. The van der Waals surface area contributed by atoms with Crippen molar-refractivity contribution in [2.75, 3.05) is 20.2 Å². The van der Waals surface area contributed by atoms with Crippen molar-refractivity contribution >= 4 is 23.9 Å². The highest BCUT2D eigenvalue weighted by molar-refractivity contribution is 5.76. The third-order valence-electron chi connectivity index (χ3n) is 19.5. The molecule has 10 fully saturated rings. The minimum Gasteiger partial charge on any atom is -0.462 e. The fourth-order valence-corrected chi connectivity index (χ4v) is 16.1. The number of carbonyl (C=O) groups is 4. The summed E-state index contributed by atoms with van der Waals surface area (Å²) < 4.78 is 34.8. The Hall–Kier alpha value is -2.20. The van der Waals surface area contributed by atoms with Gasteiger partial charge in [0.25, 0.3) is 0 Å². The fourth-order valence-electron chi connectivity index (χ4n) is 16.1. The molecule has 17 atom stereocenters. The second-order valence-electron chi connectivity index (χ2n) is 23.0. The normalized spacial score (nSPS) is 39.1. The van der Waals surface area contributed by atoms with Crippen molar-refractivity contribution in [1.29, 1.82) is 0 Å². The molecule has 0 aromatic rings. The standard InChI is InChI=1S/C27H42O5.C25H38O5.4CH4/c1-4-27(2,3)26(29)32-22-13-18-12-21(22)24-19-10-17(23(18)24)11-20(19)25(28)31-15-30-14-16-8-6-5-7-9-16;1-3-14(2)24(26)30-21-12-16-11-20(21)23-18-9-15(22(16)23)10-19(18)25(27)29-13-28-17-7-5-4-6-8-17;;;;/h16-24H,4-15H2,1-3H3;14-23H,3-13H2,1-2H3;4*1H4. The maximum absolute atomic E-state index is 12.9. The minimum atomic E-state index is -0.417. The molecule has 0 spiro atoms. The summed E-state index contributed by atoms with van der Waals surface area (Å²) in [6.07, 6.45) is 23.1. The van der Waals surface area contributed by atoms with E-state index in [-0.39, 0.29) is 103 Å². The van der Waals surface area contributed by atoms with E-state index in [1.165, 1.54) is 64.2 Å². The third-order valence-corrected chi connectivity index (χ3v) is 19.5. The van der Waals surface area contributed by atoms with Crippen LogP contribution in [-0.2, 0) is 47.6 Å². The van der Waals surface area contributed by atoms with Crippen molar-refractivity contribution in [2.24, 2.45) is 100 Å². The van der Waals surface area contributed by atoms with Gasteiger partial charge in [0.15, 0.2) is 13.6 Å². The van der Waals surface area contributed by atoms with Crippen LogP contribution < -0.4 is 0 Å². The van der Waals surface area contributed by atoms with Gasteiger partial charge in [0.2, 0.25) is 0 Å². The fraction of sp³-hybridized carbons (Fsp3) is 0.929. The molecule has 0 amide bonds. The largest absolute Gasteiger partial charge is 0.462 e. The first kappa shape index (κ1) is 54.7. The van der Waals surface area contributed by atoms with Crippen molar-refractivity contribution in [1.82, 2.24) is 0 Å². The molecule has 10 aliphatic rings. The van der Waals surface area contributed by atoms with Gasteiger partial charge in [-0.15, -0.1) is 0 Å². The van der Waals surface area contributed by atoms with Crippen LogP contribution in [0.3, 0.4) is 0 Å². The highest BCUT2D eigenvalue weighted by atomic mass is 16.7. The number of hydrogen-bond donors (Lipinski definition) is 0. The highest BCUT2D eigenvalue weighted by Gasteiger charge is 2.68. The lowest BCUT2D eigenvalue weighted by atomic mass is 9.66. The summed E-state index contributed by atoms with van der Waals surface area (Å²) in [4.78, 5) is 50.9. The Labute approximate surface area is 401 Å². The summed E-state index contributed by atoms with van der Waals surface area (Å²) in [6.45, 7) is 10.9. The quantitative estimate of drug-likeness (QED) is 0.0515. The SMILES string of the molecule is C.C.C.C.CCC(C)(C)C(=O)OC1CC2CC1C1C3CC(CC3C(=O)OCOCC3CCCCC3)C21.CCC(C)C(=O)OC1CC2CC1C1C3CC(CC3C(=O)OCOC3CCCCC3)C21. The second kappa shape index (κ2) is 23.1. The van der Waals surface area contributed by atoms with E-state index >= 15 is 0 Å². The highest BCUT2D eigenvalue weighted by Crippen LogP contribution is 2.70. The third kappa shape index (κ3) is 10.7. The lowest BCUT2D eigenvalue weighted by molar-refractivity contribution is -0.172. The zero-order valence-corrected chi connectivity index (χ0v) is 38.8. The summed E-state index contributed by atoms with van der Waals surface area (Å²) in [5.41, 5.74) is -0.417. The number of carbonyl (C=O) groups excluding carboxylic acids is 4. The number of esters is 4. The summed E-state index contributed by atoms with van der Waals surface area (Å²) in [5, 5.41) is 0. The predicted molar refractivity (Wildman–Crippen MR) is 258 cm³/mol. The lowest BCUT2D eigenvalue weighted by Crippen LogP contribution is -2.43. The molecule has 10 rings (SSSR count). The average molecular weight is 929 g/mol. The van der Waals surface area contributed by atoms with Gasteiger partial charge in [0.1, 0.15) is 12.2 Å². The van der Waals surface area contributed by atoms with Crippen LogP contribution in [0.5, 0.6) is 0 Å². The van der Waals surface area contributed by atoms with Gasteiger partial charge in [0, 0.05) is 0 Å². The van der Waals surface area contributed by atoms with E-state index < -0.39 is 5.41 Å². The van der Waals surface area contributed by atoms with Gasteiger partial charge in [-0.3, -0.25) is 19.2 Å². The first-order valence-corrected chi connectivity index (χ1v) is 25.9. The van der Waals surface area contributed by atoms with E-state index in [1.807, 2.05) is 34.6 Å². The molecule has 0 aliphatic heterocycles. The van der Waals surface area contributed by atoms with Crippen LogP contribution in [0, 0.1) is 100 Å². The number of hydrogen-bond acceptors (Lipinski definition) is 10. The van der Waals surface area contributed by atoms with Gasteiger partial charge in [-0.05, 0) is 181 Å². The molecule has 10 aliphatic carbocycles. The number of ether oxygens (including phenoxy) is 6. The Morgan fingerprint density at radius 1 is 0.561 bits per heavy atom. The van der Waals surface area contributed by atoms with Crippen LogP contribution in [0.4, 0.5) is 0 Å². The van der Waals surface area contributed by atoms with Gasteiger partial charge in [-0.2, -0.15) is 0 Å². The molecular weight excluding hydrogens is 833 g/mol. The lowest BCUT2D eigenvalue weighted by Gasteiger charge is -2.41. The zero-order chi connectivity index (χ0) is 43.3. The second-order valence-corrected chi connectivity index (χ2v) is 23.0. The van der Waals surface area contributed by atoms with Crippen LogP contribution >= 0.6 is 0 Å². The predicted octanol–water partition coefficient (Wildman–Crippen LogP) is 12.6. The van der Waals surface area contributed by atoms with Gasteiger partial charge < -0.3 is 28.4 Å². The van der Waals surface area contributed by atoms with E-state index in [1.54, 1.807) is 0 Å². The molecule has 0 heterocycles. The van der Waals surface area contributed by atoms with Crippen molar-refractivity contribution in [3.63, 3.8) is 0 Å². The molecule has 8 bridgehead atoms. The molecule has 0 N–H and O–H groups in total. The molecule has 10 heteroatoms. The Morgan fingerprint density at radius 2 is 1.03 bits per heavy atom. The summed E-state index contributed by atoms with van der Waals surface area (Å²) in [7, 11) is 0. The molecule has 0 radical (unpaired) electrons. The Balaban J connectivity index is 0.000000234. The summed E-state index contributed by atoms with van der Waals surface area (Å²) in [5.74, 6) is 7.46. The zero-order valence-electron chi connectivity index (χ0n) is 38.8. The molecule has 0 aromatic carbocycles. The first-order valence-electron chi connectivity index (χ1n) is 25.9. The molecule has 17 unspecified atom stereocenters. The van der Waals surface area contributed by atoms with E-state index in [0.717, 1.165) is 82.7 Å². The monoisotopic (exact) mass is 929 g/mol. The Bertz CT molecular complexity index is 1600. The molecule has 380 valence electrons. The van der Waals surface area contributed by atoms with Crippen molar-refractivity contribution in [3.05, 3.63) is 0 Å².